The Hall–Kier alpha value is -1.61. The quantitative estimate of drug-likeness (QED) is 0.0525. The molecule has 1 heterocycles. The van der Waals surface area contributed by atoms with Crippen molar-refractivity contribution in [1.29, 1.82) is 0 Å². The Morgan fingerprint density at radius 3 is 1.94 bits per heavy atom. The molecule has 0 bridgehead atoms. The number of hydrogen-bond donors (Lipinski definition) is 0. The number of rotatable bonds is 10. The van der Waals surface area contributed by atoms with Crippen molar-refractivity contribution in [1.82, 2.24) is 4.57 Å². The molecule has 0 saturated heterocycles. The molecule has 0 radical (unpaired) electrons. The Morgan fingerprint density at radius 1 is 0.824 bits per heavy atom. The fourth-order valence-corrected chi connectivity index (χ4v) is 4.31. The molecule has 0 aromatic rings. The summed E-state index contributed by atoms with van der Waals surface area (Å²) in [7, 11) is 4.61. The first-order valence-electron chi connectivity index (χ1n) is 12.3. The van der Waals surface area contributed by atoms with Gasteiger partial charge in [0.2, 0.25) is 0 Å². The minimum atomic E-state index is -0.522. The van der Waals surface area contributed by atoms with Gasteiger partial charge in [0.25, 0.3) is 0 Å². The van der Waals surface area contributed by atoms with Gasteiger partial charge in [-0.15, -0.1) is 0 Å². The molecule has 34 heavy (non-hydrogen) atoms. The van der Waals surface area contributed by atoms with Crippen molar-refractivity contribution in [3.05, 3.63) is 46.1 Å². The SMILES string of the molecule is CC(C)(C)/[N+]([O-])=C/c1cn(CCC[N+](C)(C)CCCCI)cc2c(/C=[N+](\[O-])C(C)(C)C)ccc1-2. The number of fused-ring (bicyclic) bond motifs is 1. The molecular weight excluding hydrogens is 539 g/mol. The average molecular weight is 584 g/mol. The minimum absolute atomic E-state index is 0.512. The van der Waals surface area contributed by atoms with E-state index < -0.39 is 11.1 Å². The van der Waals surface area contributed by atoms with Crippen LogP contribution in [0.15, 0.2) is 24.5 Å². The second-order valence-corrected chi connectivity index (χ2v) is 13.0. The van der Waals surface area contributed by atoms with Gasteiger partial charge < -0.3 is 19.5 Å². The van der Waals surface area contributed by atoms with Crippen LogP contribution < -0.4 is 0 Å². The van der Waals surface area contributed by atoms with Crippen LogP contribution in [-0.2, 0) is 6.54 Å². The molecule has 1 aliphatic carbocycles. The van der Waals surface area contributed by atoms with Gasteiger partial charge in [-0.1, -0.05) is 28.7 Å². The van der Waals surface area contributed by atoms with E-state index in [9.17, 15) is 10.4 Å². The van der Waals surface area contributed by atoms with Gasteiger partial charge in [0.15, 0.2) is 23.5 Å². The van der Waals surface area contributed by atoms with Crippen molar-refractivity contribution < 1.29 is 14.0 Å². The molecule has 190 valence electrons. The summed E-state index contributed by atoms with van der Waals surface area (Å²) < 4.78 is 6.44. The predicted molar refractivity (Wildman–Crippen MR) is 153 cm³/mol. The van der Waals surface area contributed by atoms with Gasteiger partial charge in [-0.3, -0.25) is 0 Å². The number of nitrogens with zero attached hydrogens (tertiary/aromatic N) is 4. The summed E-state index contributed by atoms with van der Waals surface area (Å²) in [5, 5.41) is 25.4. The van der Waals surface area contributed by atoms with Gasteiger partial charge >= 0.3 is 0 Å². The maximum atomic E-state index is 12.8. The average Bonchev–Trinajstić information content (AvgIpc) is 3.09. The fraction of sp³-hybridized carbons (Fsp3) is 0.630. The lowest BCUT2D eigenvalue weighted by Crippen LogP contribution is -2.41. The van der Waals surface area contributed by atoms with Crippen LogP contribution in [0.1, 0.15) is 71.9 Å². The summed E-state index contributed by atoms with van der Waals surface area (Å²) in [4.78, 5) is 0. The Labute approximate surface area is 220 Å². The smallest absolute Gasteiger partial charge is 0.184 e. The fourth-order valence-electron chi connectivity index (χ4n) is 3.77. The van der Waals surface area contributed by atoms with Crippen molar-refractivity contribution in [2.75, 3.05) is 31.6 Å². The topological polar surface area (TPSA) is 57.1 Å². The van der Waals surface area contributed by atoms with Crippen molar-refractivity contribution >= 4 is 35.0 Å². The van der Waals surface area contributed by atoms with Crippen molar-refractivity contribution in [2.45, 2.75) is 78.4 Å². The molecule has 0 atom stereocenters. The van der Waals surface area contributed by atoms with Gasteiger partial charge in [0, 0.05) is 78.0 Å². The Kier molecular flexibility index (Phi) is 9.61. The second-order valence-electron chi connectivity index (χ2n) is 12.0. The second kappa shape index (κ2) is 11.4. The van der Waals surface area contributed by atoms with E-state index in [1.807, 2.05) is 53.7 Å². The Balaban J connectivity index is 2.39. The third-order valence-corrected chi connectivity index (χ3v) is 6.87. The van der Waals surface area contributed by atoms with Gasteiger partial charge in [0.1, 0.15) is 0 Å². The highest BCUT2D eigenvalue weighted by molar-refractivity contribution is 14.1. The molecule has 0 unspecified atom stereocenters. The first-order chi connectivity index (χ1) is 15.6. The van der Waals surface area contributed by atoms with Gasteiger partial charge in [-0.25, -0.2) is 9.48 Å². The number of hydroxylamine groups is 2. The van der Waals surface area contributed by atoms with Crippen LogP contribution in [0.3, 0.4) is 0 Å². The number of aromatic nitrogens is 1. The summed E-state index contributed by atoms with van der Waals surface area (Å²) >= 11 is 2.45. The summed E-state index contributed by atoms with van der Waals surface area (Å²) in [6.07, 6.45) is 11.1. The zero-order valence-electron chi connectivity index (χ0n) is 22.4. The molecule has 0 aromatic heterocycles. The van der Waals surface area contributed by atoms with Crippen LogP contribution >= 0.6 is 22.6 Å². The molecule has 0 fully saturated rings. The first-order valence-corrected chi connectivity index (χ1v) is 13.8. The number of halogens is 1. The number of quaternary nitrogens is 1. The maximum absolute atomic E-state index is 12.8. The first kappa shape index (κ1) is 28.6. The predicted octanol–water partition coefficient (Wildman–Crippen LogP) is 5.73. The number of hydrogen-bond acceptors (Lipinski definition) is 2. The number of alkyl halides is 1. The number of aryl methyl sites for hydroxylation is 1. The molecule has 2 rings (SSSR count). The maximum Gasteiger partial charge on any atom is 0.184 e. The zero-order chi connectivity index (χ0) is 25.7. The van der Waals surface area contributed by atoms with E-state index in [0.29, 0.717) is 0 Å². The highest BCUT2D eigenvalue weighted by Gasteiger charge is 2.23. The molecule has 1 aliphatic heterocycles. The van der Waals surface area contributed by atoms with E-state index in [2.05, 4.69) is 53.6 Å². The molecule has 0 saturated carbocycles. The molecule has 7 heteroatoms. The van der Waals surface area contributed by atoms with Gasteiger partial charge in [-0.05, 0) is 28.9 Å². The Morgan fingerprint density at radius 2 is 1.38 bits per heavy atom. The number of unbranched alkanes of at least 4 members (excludes halogenated alkanes) is 1. The van der Waals surface area contributed by atoms with Crippen molar-refractivity contribution in [3.63, 3.8) is 0 Å². The summed E-state index contributed by atoms with van der Waals surface area (Å²) in [6, 6.07) is 3.99. The third kappa shape index (κ3) is 8.26. The van der Waals surface area contributed by atoms with Crippen LogP contribution in [0.4, 0.5) is 0 Å². The molecule has 6 nitrogen and oxygen atoms in total. The summed E-state index contributed by atoms with van der Waals surface area (Å²) in [6.45, 7) is 14.6. The molecular formula is C27H44IN4O2+. The third-order valence-electron chi connectivity index (χ3n) is 6.10. The lowest BCUT2D eigenvalue weighted by atomic mass is 10.0. The van der Waals surface area contributed by atoms with E-state index in [1.165, 1.54) is 23.8 Å². The molecule has 2 aliphatic rings. The zero-order valence-corrected chi connectivity index (χ0v) is 24.6. The monoisotopic (exact) mass is 583 g/mol. The lowest BCUT2D eigenvalue weighted by molar-refractivity contribution is -0.890. The van der Waals surface area contributed by atoms with Crippen LogP contribution in [0.2, 0.25) is 0 Å². The standard InChI is InChI=1S/C27H44IN4O2/c1-26(2,3)30(33)19-22-12-13-24-23(20-31(34)27(4,5)6)18-29(21-25(22)24)15-11-17-32(7,8)16-10-9-14-28/h12-13,18-21H,9-11,14-17H2,1-8H3/q+1/b30-19-,31-20-. The molecule has 0 N–H and O–H groups in total. The van der Waals surface area contributed by atoms with Crippen LogP contribution in [-0.4, -0.2) is 73.6 Å². The van der Waals surface area contributed by atoms with Crippen molar-refractivity contribution in [3.8, 4) is 11.1 Å². The van der Waals surface area contributed by atoms with E-state index in [1.54, 1.807) is 12.4 Å². The minimum Gasteiger partial charge on any atom is -0.623 e. The largest absolute Gasteiger partial charge is 0.623 e. The van der Waals surface area contributed by atoms with Gasteiger partial charge in [0.05, 0.1) is 32.7 Å². The lowest BCUT2D eigenvalue weighted by Gasteiger charge is -2.30. The van der Waals surface area contributed by atoms with E-state index in [4.69, 9.17) is 0 Å². The van der Waals surface area contributed by atoms with Crippen LogP contribution in [0.5, 0.6) is 0 Å². The summed E-state index contributed by atoms with van der Waals surface area (Å²) in [5.41, 5.74) is 2.72. The highest BCUT2D eigenvalue weighted by atomic mass is 127. The normalized spacial score (nSPS) is 14.3. The van der Waals surface area contributed by atoms with E-state index in [0.717, 1.165) is 55.7 Å². The molecule has 0 spiro atoms. The highest BCUT2D eigenvalue weighted by Crippen LogP contribution is 2.30. The number of pyridine rings is 1. The van der Waals surface area contributed by atoms with Crippen LogP contribution in [0, 0.1) is 10.4 Å². The van der Waals surface area contributed by atoms with E-state index in [-0.39, 0.29) is 0 Å². The van der Waals surface area contributed by atoms with E-state index >= 15 is 0 Å². The van der Waals surface area contributed by atoms with Gasteiger partial charge in [-0.2, -0.15) is 0 Å². The van der Waals surface area contributed by atoms with Crippen molar-refractivity contribution in [2.24, 2.45) is 0 Å². The molecule has 0 amide bonds. The summed E-state index contributed by atoms with van der Waals surface area (Å²) in [5.74, 6) is 0. The Bertz CT molecular complexity index is 978. The van der Waals surface area contributed by atoms with Crippen LogP contribution in [0.25, 0.3) is 11.1 Å². The molecule has 0 aromatic carbocycles.